The zero-order valence-corrected chi connectivity index (χ0v) is 12.4. The topological polar surface area (TPSA) is 55.4 Å². The normalized spacial score (nSPS) is 10.2. The molecule has 110 valence electrons. The average molecular weight is 307 g/mol. The predicted molar refractivity (Wildman–Crippen MR) is 79.1 cm³/mol. The van der Waals surface area contributed by atoms with Crippen molar-refractivity contribution in [2.24, 2.45) is 0 Å². The lowest BCUT2D eigenvalue weighted by molar-refractivity contribution is -0.119. The summed E-state index contributed by atoms with van der Waals surface area (Å²) in [5.74, 6) is -1.66. The number of esters is 1. The summed E-state index contributed by atoms with van der Waals surface area (Å²) in [4.78, 5) is 23.8. The molecule has 2 aromatic rings. The Labute approximate surface area is 125 Å². The van der Waals surface area contributed by atoms with Crippen LogP contribution in [0.5, 0.6) is 0 Å². The van der Waals surface area contributed by atoms with Crippen LogP contribution in [0.25, 0.3) is 0 Å². The molecule has 1 aromatic heterocycles. The minimum Gasteiger partial charge on any atom is -0.451 e. The van der Waals surface area contributed by atoms with Gasteiger partial charge in [0.2, 0.25) is 0 Å². The van der Waals surface area contributed by atoms with E-state index in [1.54, 1.807) is 31.4 Å². The minimum atomic E-state index is -0.583. The van der Waals surface area contributed by atoms with Gasteiger partial charge in [0.25, 0.3) is 5.91 Å². The Balaban J connectivity index is 1.90. The molecular formula is C15H14FNO3S. The van der Waals surface area contributed by atoms with Crippen LogP contribution in [0, 0.1) is 19.7 Å². The summed E-state index contributed by atoms with van der Waals surface area (Å²) in [6.45, 7) is 3.08. The Kier molecular flexibility index (Phi) is 4.70. The molecule has 0 unspecified atom stereocenters. The highest BCUT2D eigenvalue weighted by molar-refractivity contribution is 7.12. The molecule has 1 amide bonds. The van der Waals surface area contributed by atoms with Crippen LogP contribution in [-0.4, -0.2) is 18.5 Å². The fourth-order valence-corrected chi connectivity index (χ4v) is 2.50. The van der Waals surface area contributed by atoms with Crippen LogP contribution in [0.4, 0.5) is 10.1 Å². The monoisotopic (exact) mass is 307 g/mol. The van der Waals surface area contributed by atoms with Gasteiger partial charge in [0.1, 0.15) is 10.7 Å². The molecule has 4 nitrogen and oxygen atoms in total. The number of aryl methyl sites for hydroxylation is 2. The Bertz CT molecular complexity index is 681. The third-order valence-corrected chi connectivity index (χ3v) is 3.78. The standard InChI is InChI=1S/C15H14FNO3S/c1-9-3-4-12(11(16)7-9)17-13(18)8-20-15(19)14-10(2)5-6-21-14/h3-7H,8H2,1-2H3,(H,17,18). The van der Waals surface area contributed by atoms with Crippen LogP contribution in [-0.2, 0) is 9.53 Å². The summed E-state index contributed by atoms with van der Waals surface area (Å²) in [6, 6.07) is 6.26. The fourth-order valence-electron chi connectivity index (χ4n) is 1.69. The van der Waals surface area contributed by atoms with Crippen molar-refractivity contribution in [2.75, 3.05) is 11.9 Å². The predicted octanol–water partition coefficient (Wildman–Crippen LogP) is 3.30. The van der Waals surface area contributed by atoms with Crippen molar-refractivity contribution in [1.29, 1.82) is 0 Å². The average Bonchev–Trinajstić information content (AvgIpc) is 2.85. The van der Waals surface area contributed by atoms with Crippen molar-refractivity contribution in [3.63, 3.8) is 0 Å². The number of halogens is 1. The van der Waals surface area contributed by atoms with E-state index < -0.39 is 24.3 Å². The van der Waals surface area contributed by atoms with Crippen molar-refractivity contribution >= 4 is 28.9 Å². The molecule has 0 atom stereocenters. The van der Waals surface area contributed by atoms with E-state index >= 15 is 0 Å². The van der Waals surface area contributed by atoms with Crippen LogP contribution in [0.3, 0.4) is 0 Å². The lowest BCUT2D eigenvalue weighted by Gasteiger charge is -2.07. The number of carbonyl (C=O) groups excluding carboxylic acids is 2. The second-order valence-electron chi connectivity index (χ2n) is 4.54. The second kappa shape index (κ2) is 6.49. The first-order valence-electron chi connectivity index (χ1n) is 6.24. The lowest BCUT2D eigenvalue weighted by atomic mass is 10.2. The van der Waals surface area contributed by atoms with Crippen LogP contribution < -0.4 is 5.32 Å². The first-order valence-corrected chi connectivity index (χ1v) is 7.12. The molecule has 6 heteroatoms. The van der Waals surface area contributed by atoms with Gasteiger partial charge in [-0.05, 0) is 48.6 Å². The zero-order chi connectivity index (χ0) is 15.4. The molecule has 2 rings (SSSR count). The SMILES string of the molecule is Cc1ccc(NC(=O)COC(=O)c2sccc2C)c(F)c1. The summed E-state index contributed by atoms with van der Waals surface area (Å²) in [6.07, 6.45) is 0. The van der Waals surface area contributed by atoms with Crippen LogP contribution in [0.2, 0.25) is 0 Å². The number of hydrogen-bond acceptors (Lipinski definition) is 4. The Hall–Kier alpha value is -2.21. The summed E-state index contributed by atoms with van der Waals surface area (Å²) < 4.78 is 18.5. The molecule has 0 aliphatic heterocycles. The third kappa shape index (κ3) is 3.88. The van der Waals surface area contributed by atoms with Gasteiger partial charge in [-0.3, -0.25) is 4.79 Å². The molecule has 0 spiro atoms. The molecule has 0 radical (unpaired) electrons. The summed E-state index contributed by atoms with van der Waals surface area (Å²) in [7, 11) is 0. The van der Waals surface area contributed by atoms with E-state index in [1.165, 1.54) is 23.5 Å². The molecule has 0 aliphatic carbocycles. The number of carbonyl (C=O) groups is 2. The number of amides is 1. The second-order valence-corrected chi connectivity index (χ2v) is 5.46. The number of anilines is 1. The lowest BCUT2D eigenvalue weighted by Crippen LogP contribution is -2.21. The highest BCUT2D eigenvalue weighted by Crippen LogP contribution is 2.17. The zero-order valence-electron chi connectivity index (χ0n) is 11.6. The van der Waals surface area contributed by atoms with Crippen molar-refractivity contribution in [3.8, 4) is 0 Å². The highest BCUT2D eigenvalue weighted by Gasteiger charge is 2.14. The van der Waals surface area contributed by atoms with Gasteiger partial charge in [-0.2, -0.15) is 0 Å². The van der Waals surface area contributed by atoms with Gasteiger partial charge >= 0.3 is 5.97 Å². The molecule has 1 heterocycles. The molecule has 21 heavy (non-hydrogen) atoms. The van der Waals surface area contributed by atoms with Gasteiger partial charge in [-0.1, -0.05) is 6.07 Å². The largest absolute Gasteiger partial charge is 0.451 e. The number of benzene rings is 1. The van der Waals surface area contributed by atoms with E-state index in [1.807, 2.05) is 0 Å². The maximum absolute atomic E-state index is 13.6. The fraction of sp³-hybridized carbons (Fsp3) is 0.200. The number of rotatable bonds is 4. The number of thiophene rings is 1. The van der Waals surface area contributed by atoms with Crippen LogP contribution in [0.15, 0.2) is 29.6 Å². The molecule has 0 saturated carbocycles. The van der Waals surface area contributed by atoms with E-state index in [2.05, 4.69) is 5.32 Å². The molecule has 0 saturated heterocycles. The maximum atomic E-state index is 13.6. The van der Waals surface area contributed by atoms with Crippen molar-refractivity contribution < 1.29 is 18.7 Å². The van der Waals surface area contributed by atoms with Crippen molar-refractivity contribution in [1.82, 2.24) is 0 Å². The number of nitrogens with one attached hydrogen (secondary N) is 1. The molecule has 1 N–H and O–H groups in total. The molecular weight excluding hydrogens is 293 g/mol. The molecule has 0 fully saturated rings. The Morgan fingerprint density at radius 1 is 1.29 bits per heavy atom. The maximum Gasteiger partial charge on any atom is 0.349 e. The van der Waals surface area contributed by atoms with E-state index in [0.29, 0.717) is 4.88 Å². The van der Waals surface area contributed by atoms with Gasteiger partial charge < -0.3 is 10.1 Å². The molecule has 0 bridgehead atoms. The quantitative estimate of drug-likeness (QED) is 0.882. The molecule has 1 aromatic carbocycles. The van der Waals surface area contributed by atoms with Gasteiger partial charge in [-0.15, -0.1) is 11.3 Å². The van der Waals surface area contributed by atoms with E-state index in [9.17, 15) is 14.0 Å². The van der Waals surface area contributed by atoms with Crippen molar-refractivity contribution in [3.05, 3.63) is 51.5 Å². The third-order valence-electron chi connectivity index (χ3n) is 2.78. The summed E-state index contributed by atoms with van der Waals surface area (Å²) in [5.41, 5.74) is 1.62. The van der Waals surface area contributed by atoms with Crippen LogP contribution >= 0.6 is 11.3 Å². The van der Waals surface area contributed by atoms with E-state index in [-0.39, 0.29) is 5.69 Å². The van der Waals surface area contributed by atoms with Gasteiger partial charge in [0.15, 0.2) is 6.61 Å². The van der Waals surface area contributed by atoms with Gasteiger partial charge in [0, 0.05) is 0 Å². The number of hydrogen-bond donors (Lipinski definition) is 1. The summed E-state index contributed by atoms with van der Waals surface area (Å²) in [5, 5.41) is 4.14. The Morgan fingerprint density at radius 2 is 2.05 bits per heavy atom. The minimum absolute atomic E-state index is 0.0638. The van der Waals surface area contributed by atoms with Gasteiger partial charge in [0.05, 0.1) is 5.69 Å². The first-order chi connectivity index (χ1) is 9.97. The van der Waals surface area contributed by atoms with Crippen LogP contribution in [0.1, 0.15) is 20.8 Å². The summed E-state index contributed by atoms with van der Waals surface area (Å²) >= 11 is 1.25. The number of ether oxygens (including phenoxy) is 1. The smallest absolute Gasteiger partial charge is 0.349 e. The first kappa shape index (κ1) is 15.2. The van der Waals surface area contributed by atoms with Gasteiger partial charge in [-0.25, -0.2) is 9.18 Å². The van der Waals surface area contributed by atoms with E-state index in [0.717, 1.165) is 11.1 Å². The van der Waals surface area contributed by atoms with Crippen molar-refractivity contribution in [2.45, 2.75) is 13.8 Å². The van der Waals surface area contributed by atoms with E-state index in [4.69, 9.17) is 4.74 Å². The molecule has 0 aliphatic rings. The Morgan fingerprint density at radius 3 is 2.67 bits per heavy atom. The highest BCUT2D eigenvalue weighted by atomic mass is 32.1.